The fourth-order valence-electron chi connectivity index (χ4n) is 2.42. The van der Waals surface area contributed by atoms with Gasteiger partial charge >= 0.3 is 0 Å². The molecule has 7 heteroatoms. The number of piperidine rings is 1. The number of nitrogens with one attached hydrogen (secondary N) is 1. The van der Waals surface area contributed by atoms with Gasteiger partial charge in [-0.2, -0.15) is 0 Å². The number of carbonyl (C=O) groups excluding carboxylic acids is 1. The van der Waals surface area contributed by atoms with E-state index < -0.39 is 10.0 Å². The molecule has 1 saturated heterocycles. The van der Waals surface area contributed by atoms with Crippen LogP contribution in [0.3, 0.4) is 0 Å². The van der Waals surface area contributed by atoms with Crippen molar-refractivity contribution in [1.82, 2.24) is 9.62 Å². The van der Waals surface area contributed by atoms with Gasteiger partial charge in [0.1, 0.15) is 0 Å². The van der Waals surface area contributed by atoms with E-state index in [0.29, 0.717) is 25.4 Å². The van der Waals surface area contributed by atoms with E-state index in [4.69, 9.17) is 4.42 Å². The van der Waals surface area contributed by atoms with Crippen molar-refractivity contribution in [2.45, 2.75) is 19.8 Å². The van der Waals surface area contributed by atoms with Gasteiger partial charge in [0.15, 0.2) is 5.76 Å². The summed E-state index contributed by atoms with van der Waals surface area (Å²) < 4.78 is 29.7. The summed E-state index contributed by atoms with van der Waals surface area (Å²) in [5.41, 5.74) is 0.795. The van der Waals surface area contributed by atoms with Crippen molar-refractivity contribution in [2.24, 2.45) is 5.92 Å². The van der Waals surface area contributed by atoms with E-state index in [-0.39, 0.29) is 11.8 Å². The maximum Gasteiger partial charge on any atom is 0.287 e. The Bertz CT molecular complexity index is 579. The fourth-order valence-corrected chi connectivity index (χ4v) is 3.36. The van der Waals surface area contributed by atoms with Crippen molar-refractivity contribution >= 4 is 15.9 Å². The Labute approximate surface area is 119 Å². The molecule has 1 aliphatic rings. The quantitative estimate of drug-likeness (QED) is 0.899. The van der Waals surface area contributed by atoms with Gasteiger partial charge in [-0.05, 0) is 31.7 Å². The first kappa shape index (κ1) is 15.1. The predicted molar refractivity (Wildman–Crippen MR) is 74.9 cm³/mol. The molecule has 1 atom stereocenters. The highest BCUT2D eigenvalue weighted by atomic mass is 32.2. The maximum absolute atomic E-state index is 11.9. The standard InChI is InChI=1S/C13H20N2O4S/c1-10-5-7-19-12(10)13(16)14-8-11-4-3-6-15(9-11)20(2,17)18/h5,7,11H,3-4,6,8-9H2,1-2H3,(H,14,16). The summed E-state index contributed by atoms with van der Waals surface area (Å²) in [6, 6.07) is 1.74. The zero-order valence-corrected chi connectivity index (χ0v) is 12.6. The minimum absolute atomic E-state index is 0.151. The van der Waals surface area contributed by atoms with Crippen LogP contribution in [0.1, 0.15) is 29.0 Å². The van der Waals surface area contributed by atoms with Crippen LogP contribution in [-0.4, -0.2) is 44.5 Å². The molecule has 0 bridgehead atoms. The number of furan rings is 1. The molecule has 0 saturated carbocycles. The number of hydrogen-bond acceptors (Lipinski definition) is 4. The van der Waals surface area contributed by atoms with Gasteiger partial charge in [0.25, 0.3) is 5.91 Å². The van der Waals surface area contributed by atoms with E-state index in [1.54, 1.807) is 6.07 Å². The van der Waals surface area contributed by atoms with Crippen molar-refractivity contribution < 1.29 is 17.6 Å². The van der Waals surface area contributed by atoms with E-state index in [1.807, 2.05) is 6.92 Å². The number of nitrogens with zero attached hydrogens (tertiary/aromatic N) is 1. The first-order chi connectivity index (χ1) is 9.38. The summed E-state index contributed by atoms with van der Waals surface area (Å²) in [4.78, 5) is 11.9. The smallest absolute Gasteiger partial charge is 0.287 e. The summed E-state index contributed by atoms with van der Waals surface area (Å²) in [5.74, 6) is 0.224. The molecule has 20 heavy (non-hydrogen) atoms. The molecule has 1 aliphatic heterocycles. The lowest BCUT2D eigenvalue weighted by atomic mass is 10.00. The van der Waals surface area contributed by atoms with Gasteiger partial charge in [-0.1, -0.05) is 0 Å². The fraction of sp³-hybridized carbons (Fsp3) is 0.615. The molecule has 1 fully saturated rings. The Morgan fingerprint density at radius 1 is 1.55 bits per heavy atom. The van der Waals surface area contributed by atoms with Gasteiger partial charge in [-0.15, -0.1) is 0 Å². The minimum Gasteiger partial charge on any atom is -0.459 e. The first-order valence-electron chi connectivity index (χ1n) is 6.65. The maximum atomic E-state index is 11.9. The van der Waals surface area contributed by atoms with Crippen molar-refractivity contribution in [3.63, 3.8) is 0 Å². The van der Waals surface area contributed by atoms with E-state index in [2.05, 4.69) is 5.32 Å². The van der Waals surface area contributed by atoms with Gasteiger partial charge in [0.05, 0.1) is 12.5 Å². The second kappa shape index (κ2) is 5.97. The van der Waals surface area contributed by atoms with Gasteiger partial charge < -0.3 is 9.73 Å². The van der Waals surface area contributed by atoms with Crippen LogP contribution in [0.4, 0.5) is 0 Å². The van der Waals surface area contributed by atoms with Gasteiger partial charge in [0.2, 0.25) is 10.0 Å². The van der Waals surface area contributed by atoms with Crippen molar-refractivity contribution in [3.8, 4) is 0 Å². The number of amides is 1. The molecule has 0 aliphatic carbocycles. The highest BCUT2D eigenvalue weighted by molar-refractivity contribution is 7.88. The highest BCUT2D eigenvalue weighted by Gasteiger charge is 2.26. The molecular weight excluding hydrogens is 280 g/mol. The molecule has 2 heterocycles. The van der Waals surface area contributed by atoms with Crippen LogP contribution in [0.5, 0.6) is 0 Å². The molecule has 112 valence electrons. The zero-order valence-electron chi connectivity index (χ0n) is 11.8. The molecular formula is C13H20N2O4S. The third-order valence-corrected chi connectivity index (χ3v) is 4.84. The Hall–Kier alpha value is -1.34. The van der Waals surface area contributed by atoms with E-state index in [0.717, 1.165) is 18.4 Å². The van der Waals surface area contributed by atoms with Crippen LogP contribution in [0, 0.1) is 12.8 Å². The van der Waals surface area contributed by atoms with Crippen LogP contribution in [0.15, 0.2) is 16.7 Å². The molecule has 0 radical (unpaired) electrons. The van der Waals surface area contributed by atoms with E-state index in [1.165, 1.54) is 16.8 Å². The molecule has 1 unspecified atom stereocenters. The molecule has 2 rings (SSSR count). The topological polar surface area (TPSA) is 79.6 Å². The number of carbonyl (C=O) groups is 1. The lowest BCUT2D eigenvalue weighted by Crippen LogP contribution is -2.43. The van der Waals surface area contributed by atoms with Crippen molar-refractivity contribution in [2.75, 3.05) is 25.9 Å². The Morgan fingerprint density at radius 3 is 2.90 bits per heavy atom. The number of sulfonamides is 1. The van der Waals surface area contributed by atoms with Crippen molar-refractivity contribution in [3.05, 3.63) is 23.7 Å². The van der Waals surface area contributed by atoms with Crippen LogP contribution >= 0.6 is 0 Å². The van der Waals surface area contributed by atoms with E-state index >= 15 is 0 Å². The second-order valence-corrected chi connectivity index (χ2v) is 7.25. The number of rotatable bonds is 4. The largest absolute Gasteiger partial charge is 0.459 e. The van der Waals surface area contributed by atoms with Gasteiger partial charge in [-0.25, -0.2) is 12.7 Å². The number of aryl methyl sites for hydroxylation is 1. The average molecular weight is 300 g/mol. The summed E-state index contributed by atoms with van der Waals surface area (Å²) in [6.07, 6.45) is 4.45. The molecule has 1 aromatic heterocycles. The van der Waals surface area contributed by atoms with Crippen LogP contribution < -0.4 is 5.32 Å². The Kier molecular flexibility index (Phi) is 4.49. The minimum atomic E-state index is -3.15. The normalized spacial score (nSPS) is 20.8. The molecule has 1 amide bonds. The predicted octanol–water partition coefficient (Wildman–Crippen LogP) is 0.989. The SMILES string of the molecule is Cc1ccoc1C(=O)NCC1CCCN(S(C)(=O)=O)C1. The Balaban J connectivity index is 1.88. The lowest BCUT2D eigenvalue weighted by Gasteiger charge is -2.30. The zero-order chi connectivity index (χ0) is 14.8. The highest BCUT2D eigenvalue weighted by Crippen LogP contribution is 2.18. The Morgan fingerprint density at radius 2 is 2.30 bits per heavy atom. The molecule has 1 aromatic rings. The van der Waals surface area contributed by atoms with Gasteiger partial charge in [-0.3, -0.25) is 4.79 Å². The summed E-state index contributed by atoms with van der Waals surface area (Å²) in [6.45, 7) is 3.31. The summed E-state index contributed by atoms with van der Waals surface area (Å²) >= 11 is 0. The monoisotopic (exact) mass is 300 g/mol. The van der Waals surface area contributed by atoms with E-state index in [9.17, 15) is 13.2 Å². The lowest BCUT2D eigenvalue weighted by molar-refractivity contribution is 0.0913. The molecule has 0 spiro atoms. The molecule has 1 N–H and O–H groups in total. The first-order valence-corrected chi connectivity index (χ1v) is 8.50. The van der Waals surface area contributed by atoms with Crippen LogP contribution in [-0.2, 0) is 10.0 Å². The van der Waals surface area contributed by atoms with Crippen molar-refractivity contribution in [1.29, 1.82) is 0 Å². The average Bonchev–Trinajstić information content (AvgIpc) is 2.82. The second-order valence-electron chi connectivity index (χ2n) is 5.27. The molecule has 0 aromatic carbocycles. The third-order valence-electron chi connectivity index (χ3n) is 3.57. The summed E-state index contributed by atoms with van der Waals surface area (Å²) in [7, 11) is -3.15. The number of hydrogen-bond donors (Lipinski definition) is 1. The summed E-state index contributed by atoms with van der Waals surface area (Å²) in [5, 5.41) is 2.81. The third kappa shape index (κ3) is 3.61. The van der Waals surface area contributed by atoms with Crippen LogP contribution in [0.2, 0.25) is 0 Å². The van der Waals surface area contributed by atoms with Gasteiger partial charge in [0, 0.05) is 25.2 Å². The molecule has 6 nitrogen and oxygen atoms in total. The van der Waals surface area contributed by atoms with Crippen LogP contribution in [0.25, 0.3) is 0 Å².